The highest BCUT2D eigenvalue weighted by atomic mass is 32.2. The zero-order valence-electron chi connectivity index (χ0n) is 12.2. The number of carbonyl (C=O) groups is 1. The van der Waals surface area contributed by atoms with Gasteiger partial charge in [-0.05, 0) is 38.8 Å². The molecule has 1 N–H and O–H groups in total. The SMILES string of the molecule is COC(=O)CCCS(=O)(=O)NC(C)c1cc(C)sc1C. The highest BCUT2D eigenvalue weighted by Crippen LogP contribution is 2.26. The number of carbonyl (C=O) groups excluding carboxylic acids is 1. The van der Waals surface area contributed by atoms with Crippen molar-refractivity contribution in [3.8, 4) is 0 Å². The lowest BCUT2D eigenvalue weighted by Gasteiger charge is -2.14. The maximum atomic E-state index is 11.9. The van der Waals surface area contributed by atoms with Gasteiger partial charge in [-0.3, -0.25) is 4.79 Å². The minimum absolute atomic E-state index is 0.0748. The molecule has 0 saturated heterocycles. The van der Waals surface area contributed by atoms with Crippen molar-refractivity contribution >= 4 is 27.3 Å². The smallest absolute Gasteiger partial charge is 0.305 e. The summed E-state index contributed by atoms with van der Waals surface area (Å²) in [7, 11) is -2.10. The van der Waals surface area contributed by atoms with Crippen molar-refractivity contribution in [3.05, 3.63) is 21.4 Å². The van der Waals surface area contributed by atoms with E-state index in [0.717, 1.165) is 15.3 Å². The molecule has 0 aliphatic rings. The molecule has 0 fully saturated rings. The molecule has 0 aromatic carbocycles. The fraction of sp³-hybridized carbons (Fsp3) is 0.615. The van der Waals surface area contributed by atoms with E-state index < -0.39 is 16.0 Å². The molecule has 0 bridgehead atoms. The number of ether oxygens (including phenoxy) is 1. The predicted octanol–water partition coefficient (Wildman–Crippen LogP) is 2.30. The van der Waals surface area contributed by atoms with Crippen molar-refractivity contribution in [1.29, 1.82) is 0 Å². The molecule has 20 heavy (non-hydrogen) atoms. The Balaban J connectivity index is 2.57. The molecule has 0 saturated carbocycles. The first kappa shape index (κ1) is 17.1. The molecule has 5 nitrogen and oxygen atoms in total. The van der Waals surface area contributed by atoms with Gasteiger partial charge >= 0.3 is 5.97 Å². The van der Waals surface area contributed by atoms with E-state index in [0.29, 0.717) is 0 Å². The average molecular weight is 319 g/mol. The summed E-state index contributed by atoms with van der Waals surface area (Å²) >= 11 is 1.65. The molecule has 0 radical (unpaired) electrons. The molecule has 0 aliphatic heterocycles. The summed E-state index contributed by atoms with van der Waals surface area (Å²) in [5, 5.41) is 0. The lowest BCUT2D eigenvalue weighted by molar-refractivity contribution is -0.140. The van der Waals surface area contributed by atoms with Crippen LogP contribution in [0.25, 0.3) is 0 Å². The first-order valence-corrected chi connectivity index (χ1v) is 8.86. The Bertz CT molecular complexity index is 563. The highest BCUT2D eigenvalue weighted by Gasteiger charge is 2.18. The van der Waals surface area contributed by atoms with Crippen LogP contribution in [-0.4, -0.2) is 27.2 Å². The van der Waals surface area contributed by atoms with Crippen LogP contribution in [0.5, 0.6) is 0 Å². The van der Waals surface area contributed by atoms with Gasteiger partial charge in [-0.25, -0.2) is 13.1 Å². The molecular formula is C13H21NO4S2. The maximum absolute atomic E-state index is 11.9. The number of hydrogen-bond acceptors (Lipinski definition) is 5. The summed E-state index contributed by atoms with van der Waals surface area (Å²) in [6, 6.07) is 1.74. The number of aryl methyl sites for hydroxylation is 2. The summed E-state index contributed by atoms with van der Waals surface area (Å²) in [6.07, 6.45) is 0.374. The van der Waals surface area contributed by atoms with Gasteiger partial charge in [0.2, 0.25) is 10.0 Å². The molecule has 1 atom stereocenters. The minimum Gasteiger partial charge on any atom is -0.469 e. The zero-order valence-corrected chi connectivity index (χ0v) is 13.9. The quantitative estimate of drug-likeness (QED) is 0.783. The fourth-order valence-electron chi connectivity index (χ4n) is 1.98. The second-order valence-corrected chi connectivity index (χ2v) is 8.04. The van der Waals surface area contributed by atoms with Gasteiger partial charge in [0.15, 0.2) is 0 Å². The van der Waals surface area contributed by atoms with E-state index in [1.54, 1.807) is 11.3 Å². The average Bonchev–Trinajstić information content (AvgIpc) is 2.67. The number of hydrogen-bond donors (Lipinski definition) is 1. The molecule has 1 unspecified atom stereocenters. The topological polar surface area (TPSA) is 72.5 Å². The molecule has 1 aromatic heterocycles. The fourth-order valence-corrected chi connectivity index (χ4v) is 4.31. The van der Waals surface area contributed by atoms with Crippen molar-refractivity contribution < 1.29 is 17.9 Å². The van der Waals surface area contributed by atoms with E-state index in [9.17, 15) is 13.2 Å². The van der Waals surface area contributed by atoms with Crippen molar-refractivity contribution in [1.82, 2.24) is 4.72 Å². The molecule has 1 heterocycles. The number of thiophene rings is 1. The number of sulfonamides is 1. The van der Waals surface area contributed by atoms with Gasteiger partial charge in [0.25, 0.3) is 0 Å². The molecular weight excluding hydrogens is 298 g/mol. The van der Waals surface area contributed by atoms with Gasteiger partial charge in [-0.1, -0.05) is 0 Å². The number of esters is 1. The third-order valence-corrected chi connectivity index (χ3v) is 5.44. The van der Waals surface area contributed by atoms with Gasteiger partial charge in [-0.15, -0.1) is 11.3 Å². The van der Waals surface area contributed by atoms with E-state index >= 15 is 0 Å². The van der Waals surface area contributed by atoms with Crippen LogP contribution in [0.15, 0.2) is 6.07 Å². The molecule has 0 amide bonds. The van der Waals surface area contributed by atoms with Gasteiger partial charge in [0.05, 0.1) is 12.9 Å². The summed E-state index contributed by atoms with van der Waals surface area (Å²) in [5.41, 5.74) is 1.00. The van der Waals surface area contributed by atoms with Crippen LogP contribution < -0.4 is 4.72 Å². The second-order valence-electron chi connectivity index (χ2n) is 4.71. The Morgan fingerprint density at radius 1 is 1.45 bits per heavy atom. The third-order valence-electron chi connectivity index (χ3n) is 2.92. The first-order valence-electron chi connectivity index (χ1n) is 6.39. The Kier molecular flexibility index (Phi) is 6.16. The molecule has 0 aliphatic carbocycles. The van der Waals surface area contributed by atoms with Crippen LogP contribution in [0.3, 0.4) is 0 Å². The normalized spacial score (nSPS) is 13.2. The Hall–Kier alpha value is -0.920. The van der Waals surface area contributed by atoms with E-state index in [-0.39, 0.29) is 24.6 Å². The first-order chi connectivity index (χ1) is 9.25. The van der Waals surface area contributed by atoms with Crippen molar-refractivity contribution in [2.45, 2.75) is 39.7 Å². The number of methoxy groups -OCH3 is 1. The summed E-state index contributed by atoms with van der Waals surface area (Å²) in [4.78, 5) is 13.2. The lowest BCUT2D eigenvalue weighted by atomic mass is 10.1. The number of nitrogens with one attached hydrogen (secondary N) is 1. The van der Waals surface area contributed by atoms with Crippen molar-refractivity contribution in [3.63, 3.8) is 0 Å². The standard InChI is InChI=1S/C13H21NO4S2/c1-9-8-12(11(3)19-9)10(2)14-20(16,17)7-5-6-13(15)18-4/h8,10,14H,5-7H2,1-4H3. The van der Waals surface area contributed by atoms with Crippen molar-refractivity contribution in [2.75, 3.05) is 12.9 Å². The van der Waals surface area contributed by atoms with Crippen LogP contribution in [0, 0.1) is 13.8 Å². The van der Waals surface area contributed by atoms with Crippen LogP contribution in [0.2, 0.25) is 0 Å². The molecule has 1 aromatic rings. The van der Waals surface area contributed by atoms with Gasteiger partial charge in [0.1, 0.15) is 0 Å². The lowest BCUT2D eigenvalue weighted by Crippen LogP contribution is -2.29. The molecule has 0 spiro atoms. The molecule has 114 valence electrons. The van der Waals surface area contributed by atoms with Gasteiger partial charge < -0.3 is 4.74 Å². The van der Waals surface area contributed by atoms with E-state index in [1.165, 1.54) is 7.11 Å². The summed E-state index contributed by atoms with van der Waals surface area (Å²) in [5.74, 6) is -0.466. The summed E-state index contributed by atoms with van der Waals surface area (Å²) in [6.45, 7) is 5.81. The third kappa shape index (κ3) is 5.22. The predicted molar refractivity (Wildman–Crippen MR) is 80.4 cm³/mol. The van der Waals surface area contributed by atoms with E-state index in [2.05, 4.69) is 9.46 Å². The van der Waals surface area contributed by atoms with Crippen LogP contribution >= 0.6 is 11.3 Å². The van der Waals surface area contributed by atoms with Crippen LogP contribution in [0.4, 0.5) is 0 Å². The monoisotopic (exact) mass is 319 g/mol. The van der Waals surface area contributed by atoms with Gasteiger partial charge in [-0.2, -0.15) is 0 Å². The summed E-state index contributed by atoms with van der Waals surface area (Å²) < 4.78 is 31.0. The number of rotatable bonds is 7. The minimum atomic E-state index is -3.39. The van der Waals surface area contributed by atoms with Crippen molar-refractivity contribution in [2.24, 2.45) is 0 Å². The molecule has 1 rings (SSSR count). The molecule has 7 heteroatoms. The zero-order chi connectivity index (χ0) is 15.3. The van der Waals surface area contributed by atoms with Crippen LogP contribution in [-0.2, 0) is 19.6 Å². The van der Waals surface area contributed by atoms with Gasteiger partial charge in [0, 0.05) is 22.2 Å². The largest absolute Gasteiger partial charge is 0.469 e. The Labute approximate surface area is 124 Å². The van der Waals surface area contributed by atoms with Crippen LogP contribution in [0.1, 0.15) is 41.1 Å². The highest BCUT2D eigenvalue weighted by molar-refractivity contribution is 7.89. The van der Waals surface area contributed by atoms with E-state index in [4.69, 9.17) is 0 Å². The van der Waals surface area contributed by atoms with E-state index in [1.807, 2.05) is 26.8 Å². The Morgan fingerprint density at radius 2 is 2.10 bits per heavy atom. The maximum Gasteiger partial charge on any atom is 0.305 e. The Morgan fingerprint density at radius 3 is 2.60 bits per heavy atom. The second kappa shape index (κ2) is 7.19.